The lowest BCUT2D eigenvalue weighted by Gasteiger charge is -2.33. The van der Waals surface area contributed by atoms with Gasteiger partial charge in [-0.2, -0.15) is 17.1 Å². The van der Waals surface area contributed by atoms with Crippen molar-refractivity contribution in [3.05, 3.63) is 42.5 Å². The second kappa shape index (κ2) is 9.10. The van der Waals surface area contributed by atoms with E-state index in [-0.39, 0.29) is 17.2 Å². The zero-order valence-corrected chi connectivity index (χ0v) is 14.2. The normalized spacial score (nSPS) is 20.3. The maximum absolute atomic E-state index is 11.9. The van der Waals surface area contributed by atoms with Crippen molar-refractivity contribution in [1.29, 1.82) is 0 Å². The lowest BCUT2D eigenvalue weighted by atomic mass is 10.1. The molecular weight excluding hydrogens is 376 g/mol. The molecule has 1 fully saturated rings. The summed E-state index contributed by atoms with van der Waals surface area (Å²) >= 11 is -0.312. The first-order chi connectivity index (χ1) is 12.3. The Bertz CT molecular complexity index is 693. The number of aromatic nitrogens is 3. The molecule has 0 aromatic carbocycles. The third-order valence-corrected chi connectivity index (χ3v) is 3.90. The summed E-state index contributed by atoms with van der Waals surface area (Å²) in [6, 6.07) is 3.07. The van der Waals surface area contributed by atoms with Crippen molar-refractivity contribution < 1.29 is 27.3 Å². The number of hydrogen-bond donors (Lipinski definition) is 2. The molecule has 142 valence electrons. The van der Waals surface area contributed by atoms with Crippen LogP contribution in [0, 0.1) is 0 Å². The molecule has 1 saturated heterocycles. The highest BCUT2D eigenvalue weighted by molar-refractivity contribution is 7.94. The number of aliphatic hydroxyl groups is 2. The fourth-order valence-electron chi connectivity index (χ4n) is 2.20. The Morgan fingerprint density at radius 1 is 1.15 bits per heavy atom. The summed E-state index contributed by atoms with van der Waals surface area (Å²) in [6.07, 6.45) is -0.354. The number of alkyl halides is 3. The minimum Gasteiger partial charge on any atom is -0.390 e. The molecule has 0 aliphatic carbocycles. The minimum atomic E-state index is -4.51. The summed E-state index contributed by atoms with van der Waals surface area (Å²) in [5, 5.41) is 18.5. The van der Waals surface area contributed by atoms with E-state index in [1.807, 2.05) is 4.90 Å². The summed E-state index contributed by atoms with van der Waals surface area (Å²) in [4.78, 5) is 13.0. The predicted molar refractivity (Wildman–Crippen MR) is 87.1 cm³/mol. The summed E-state index contributed by atoms with van der Waals surface area (Å²) in [7, 11) is 0. The Balaban J connectivity index is 0.000000190. The highest BCUT2D eigenvalue weighted by Crippen LogP contribution is 2.29. The molecule has 1 aliphatic heterocycles. The van der Waals surface area contributed by atoms with Crippen molar-refractivity contribution >= 4 is 18.0 Å². The van der Waals surface area contributed by atoms with E-state index in [1.54, 1.807) is 18.6 Å². The van der Waals surface area contributed by atoms with Gasteiger partial charge >= 0.3 is 6.18 Å². The van der Waals surface area contributed by atoms with E-state index in [4.69, 9.17) is 0 Å². The fourth-order valence-corrected chi connectivity index (χ4v) is 2.46. The number of piperidine rings is 1. The third kappa shape index (κ3) is 5.78. The molecule has 0 bridgehead atoms. The molecule has 2 unspecified atom stereocenters. The standard InChI is InChI=1S/C9H13N3O2.C6H3F4NS/c13-7-1-4-12(6-8(7)14)9-5-10-2-3-11-9;7-6(8,9)4-2-1-3-5(11-4)12-10/h2-3,5,7-8,13-14H,1,4,6H2;1-3H. The van der Waals surface area contributed by atoms with Crippen molar-refractivity contribution in [3.8, 4) is 0 Å². The van der Waals surface area contributed by atoms with Crippen molar-refractivity contribution in [2.24, 2.45) is 0 Å². The smallest absolute Gasteiger partial charge is 0.390 e. The van der Waals surface area contributed by atoms with Crippen molar-refractivity contribution in [2.45, 2.75) is 29.8 Å². The number of aliphatic hydroxyl groups excluding tert-OH is 2. The van der Waals surface area contributed by atoms with Gasteiger partial charge in [0.25, 0.3) is 0 Å². The van der Waals surface area contributed by atoms with Gasteiger partial charge in [-0.1, -0.05) is 6.07 Å². The van der Waals surface area contributed by atoms with Crippen LogP contribution in [0.25, 0.3) is 0 Å². The molecule has 6 nitrogen and oxygen atoms in total. The van der Waals surface area contributed by atoms with Crippen LogP contribution in [0.4, 0.5) is 22.9 Å². The lowest BCUT2D eigenvalue weighted by molar-refractivity contribution is -0.141. The second-order valence-corrected chi connectivity index (χ2v) is 5.94. The Kier molecular flexibility index (Phi) is 7.12. The van der Waals surface area contributed by atoms with E-state index >= 15 is 0 Å². The van der Waals surface area contributed by atoms with Crippen LogP contribution in [0.1, 0.15) is 12.1 Å². The van der Waals surface area contributed by atoms with Crippen molar-refractivity contribution in [2.75, 3.05) is 18.0 Å². The summed E-state index contributed by atoms with van der Waals surface area (Å²) < 4.78 is 47.5. The average molecular weight is 392 g/mol. The van der Waals surface area contributed by atoms with Gasteiger partial charge in [-0.3, -0.25) is 4.98 Å². The first-order valence-electron chi connectivity index (χ1n) is 7.51. The van der Waals surface area contributed by atoms with Crippen LogP contribution in [0.5, 0.6) is 0 Å². The van der Waals surface area contributed by atoms with E-state index in [1.165, 1.54) is 6.07 Å². The van der Waals surface area contributed by atoms with Gasteiger partial charge in [0.1, 0.15) is 28.7 Å². The van der Waals surface area contributed by atoms with Crippen LogP contribution in [-0.2, 0) is 6.18 Å². The molecule has 0 saturated carbocycles. The number of β-amino-alcohol motifs (C(OH)–C–C–N with tert-alkyl or cyclic N) is 1. The van der Waals surface area contributed by atoms with E-state index < -0.39 is 24.1 Å². The highest BCUT2D eigenvalue weighted by Gasteiger charge is 2.32. The molecule has 0 amide bonds. The topological polar surface area (TPSA) is 82.4 Å². The molecule has 0 radical (unpaired) electrons. The van der Waals surface area contributed by atoms with Crippen LogP contribution >= 0.6 is 12.1 Å². The quantitative estimate of drug-likeness (QED) is 0.760. The zero-order valence-electron chi connectivity index (χ0n) is 13.3. The van der Waals surface area contributed by atoms with Crippen LogP contribution in [0.2, 0.25) is 0 Å². The van der Waals surface area contributed by atoms with E-state index in [2.05, 4.69) is 15.0 Å². The lowest BCUT2D eigenvalue weighted by Crippen LogP contribution is -2.47. The SMILES string of the molecule is FSc1cccc(C(F)(F)F)n1.OC1CCN(c2cnccn2)CC1O. The fraction of sp³-hybridized carbons (Fsp3) is 0.400. The van der Waals surface area contributed by atoms with Gasteiger partial charge < -0.3 is 15.1 Å². The maximum atomic E-state index is 11.9. The average Bonchev–Trinajstić information content (AvgIpc) is 2.64. The van der Waals surface area contributed by atoms with Crippen LogP contribution in [0.3, 0.4) is 0 Å². The summed E-state index contributed by atoms with van der Waals surface area (Å²) in [5.41, 5.74) is -1.08. The Morgan fingerprint density at radius 3 is 2.50 bits per heavy atom. The van der Waals surface area contributed by atoms with Gasteiger partial charge in [0.15, 0.2) is 0 Å². The van der Waals surface area contributed by atoms with Gasteiger partial charge in [0.2, 0.25) is 0 Å². The van der Waals surface area contributed by atoms with Crippen LogP contribution < -0.4 is 4.90 Å². The molecule has 1 aliphatic rings. The Morgan fingerprint density at radius 2 is 1.92 bits per heavy atom. The summed E-state index contributed by atoms with van der Waals surface area (Å²) in [5.74, 6) is 0.749. The number of rotatable bonds is 2. The second-order valence-electron chi connectivity index (χ2n) is 5.37. The van der Waals surface area contributed by atoms with Crippen LogP contribution in [-0.4, -0.2) is 50.5 Å². The first kappa shape index (κ1) is 20.3. The molecule has 26 heavy (non-hydrogen) atoms. The van der Waals surface area contributed by atoms with Gasteiger partial charge in [-0.25, -0.2) is 9.97 Å². The van der Waals surface area contributed by atoms with Gasteiger partial charge in [0.05, 0.1) is 18.4 Å². The molecule has 2 N–H and O–H groups in total. The monoisotopic (exact) mass is 392 g/mol. The summed E-state index contributed by atoms with van der Waals surface area (Å²) in [6.45, 7) is 1.12. The van der Waals surface area contributed by atoms with E-state index in [0.29, 0.717) is 19.5 Å². The zero-order chi connectivity index (χ0) is 19.2. The Hall–Kier alpha value is -1.98. The largest absolute Gasteiger partial charge is 0.433 e. The van der Waals surface area contributed by atoms with Gasteiger partial charge in [-0.15, -0.1) is 0 Å². The Labute approximate surface area is 151 Å². The minimum absolute atomic E-state index is 0.287. The molecule has 2 aromatic heterocycles. The van der Waals surface area contributed by atoms with Gasteiger partial charge in [0, 0.05) is 25.5 Å². The van der Waals surface area contributed by atoms with E-state index in [9.17, 15) is 27.3 Å². The number of hydrogen-bond acceptors (Lipinski definition) is 7. The molecule has 2 aromatic rings. The first-order valence-corrected chi connectivity index (χ1v) is 8.23. The highest BCUT2D eigenvalue weighted by atomic mass is 32.2. The number of halogens is 4. The number of pyridine rings is 1. The molecule has 3 rings (SSSR count). The van der Waals surface area contributed by atoms with E-state index in [0.717, 1.165) is 18.0 Å². The molecule has 3 heterocycles. The van der Waals surface area contributed by atoms with Crippen molar-refractivity contribution in [3.63, 3.8) is 0 Å². The number of nitrogens with zero attached hydrogens (tertiary/aromatic N) is 4. The predicted octanol–water partition coefficient (Wildman–Crippen LogP) is 2.49. The molecule has 0 spiro atoms. The maximum Gasteiger partial charge on any atom is 0.433 e. The van der Waals surface area contributed by atoms with Crippen molar-refractivity contribution in [1.82, 2.24) is 15.0 Å². The molecule has 2 atom stereocenters. The number of anilines is 1. The van der Waals surface area contributed by atoms with Crippen LogP contribution in [0.15, 0.2) is 41.8 Å². The van der Waals surface area contributed by atoms with Gasteiger partial charge in [-0.05, 0) is 18.6 Å². The molecule has 11 heteroatoms. The molecular formula is C15H16F4N4O2S. The third-order valence-electron chi connectivity index (χ3n) is 3.51.